The number of fused-ring (bicyclic) bond motifs is 1. The fourth-order valence-corrected chi connectivity index (χ4v) is 3.62. The summed E-state index contributed by atoms with van der Waals surface area (Å²) in [4.78, 5) is 12.8. The summed E-state index contributed by atoms with van der Waals surface area (Å²) >= 11 is 0. The molecule has 0 spiro atoms. The lowest BCUT2D eigenvalue weighted by Gasteiger charge is -2.22. The Labute approximate surface area is 127 Å². The molecule has 3 rings (SSSR count). The van der Waals surface area contributed by atoms with Crippen molar-refractivity contribution >= 4 is 27.5 Å². The van der Waals surface area contributed by atoms with Crippen molar-refractivity contribution in [2.45, 2.75) is 4.90 Å². The first-order valence-corrected chi connectivity index (χ1v) is 7.84. The van der Waals surface area contributed by atoms with E-state index in [-0.39, 0.29) is 16.3 Å². The maximum absolute atomic E-state index is 12.1. The number of para-hydroxylation sites is 1. The number of nitrogens with zero attached hydrogens (tertiary/aromatic N) is 2. The number of sulfonamides is 1. The third-order valence-electron chi connectivity index (χ3n) is 3.42. The summed E-state index contributed by atoms with van der Waals surface area (Å²) in [5.41, 5.74) is 0.723. The van der Waals surface area contributed by atoms with Crippen LogP contribution in [0.3, 0.4) is 0 Å². The van der Waals surface area contributed by atoms with Gasteiger partial charge in [0.25, 0.3) is 10.0 Å². The Bertz CT molecular complexity index is 903. The summed E-state index contributed by atoms with van der Waals surface area (Å²) in [6, 6.07) is 12.6. The highest BCUT2D eigenvalue weighted by molar-refractivity contribution is 7.90. The summed E-state index contributed by atoms with van der Waals surface area (Å²) in [5.74, 6) is -1.15. The molecule has 0 saturated carbocycles. The van der Waals surface area contributed by atoms with Crippen LogP contribution in [-0.2, 0) is 10.0 Å². The van der Waals surface area contributed by atoms with Gasteiger partial charge in [-0.05, 0) is 18.2 Å². The van der Waals surface area contributed by atoms with Gasteiger partial charge in [-0.3, -0.25) is 0 Å². The molecule has 0 N–H and O–H groups in total. The van der Waals surface area contributed by atoms with Crippen LogP contribution < -0.4 is 10.0 Å². The molecule has 112 valence electrons. The zero-order chi connectivity index (χ0) is 15.9. The number of hydrogen-bond acceptors (Lipinski definition) is 5. The van der Waals surface area contributed by atoms with Crippen LogP contribution in [0.4, 0.5) is 5.69 Å². The van der Waals surface area contributed by atoms with Crippen LogP contribution in [0.25, 0.3) is 0 Å². The van der Waals surface area contributed by atoms with Gasteiger partial charge in [0.15, 0.2) is 5.84 Å². The fourth-order valence-electron chi connectivity index (χ4n) is 2.38. The van der Waals surface area contributed by atoms with Gasteiger partial charge in [-0.15, -0.1) is 4.40 Å². The second-order valence-corrected chi connectivity index (χ2v) is 6.32. The lowest BCUT2D eigenvalue weighted by molar-refractivity contribution is -0.254. The van der Waals surface area contributed by atoms with Crippen LogP contribution in [0.1, 0.15) is 15.9 Å². The molecule has 0 radical (unpaired) electrons. The van der Waals surface area contributed by atoms with Crippen molar-refractivity contribution in [3.63, 3.8) is 0 Å². The number of anilines is 1. The second kappa shape index (κ2) is 4.96. The van der Waals surface area contributed by atoms with Crippen molar-refractivity contribution in [1.29, 1.82) is 0 Å². The standard InChI is InChI=1S/C15H12N2O4S/c1-17(12-8-4-2-6-10(12)15(18)19)14-11-7-3-5-9-13(11)22(20,21)16-14/h2-9H,1H3,(H,18,19)/p-1. The number of benzene rings is 2. The van der Waals surface area contributed by atoms with Crippen molar-refractivity contribution < 1.29 is 18.3 Å². The van der Waals surface area contributed by atoms with E-state index in [0.717, 1.165) is 0 Å². The van der Waals surface area contributed by atoms with E-state index >= 15 is 0 Å². The van der Waals surface area contributed by atoms with E-state index in [2.05, 4.69) is 4.40 Å². The van der Waals surface area contributed by atoms with Gasteiger partial charge < -0.3 is 14.8 Å². The number of aromatic carboxylic acids is 1. The largest absolute Gasteiger partial charge is 0.545 e. The molecular weight excluding hydrogens is 304 g/mol. The van der Waals surface area contributed by atoms with Crippen molar-refractivity contribution in [2.75, 3.05) is 11.9 Å². The molecule has 0 aromatic heterocycles. The molecule has 0 unspecified atom stereocenters. The van der Waals surface area contributed by atoms with Crippen LogP contribution in [0, 0.1) is 0 Å². The highest BCUT2D eigenvalue weighted by Crippen LogP contribution is 2.30. The van der Waals surface area contributed by atoms with Gasteiger partial charge >= 0.3 is 0 Å². The quantitative estimate of drug-likeness (QED) is 0.811. The van der Waals surface area contributed by atoms with Gasteiger partial charge in [-0.1, -0.05) is 30.3 Å². The first-order chi connectivity index (χ1) is 10.4. The molecule has 0 atom stereocenters. The maximum Gasteiger partial charge on any atom is 0.285 e. The zero-order valence-electron chi connectivity index (χ0n) is 11.6. The number of amidine groups is 1. The molecular formula is C15H11N2O4S-. The molecule has 1 aliphatic heterocycles. The number of rotatable bonds is 2. The van der Waals surface area contributed by atoms with Crippen LogP contribution in [0.2, 0.25) is 0 Å². The van der Waals surface area contributed by atoms with E-state index in [0.29, 0.717) is 11.3 Å². The van der Waals surface area contributed by atoms with Crippen molar-refractivity contribution in [3.05, 3.63) is 59.7 Å². The molecule has 0 aliphatic carbocycles. The molecule has 0 amide bonds. The van der Waals surface area contributed by atoms with Crippen LogP contribution in [0.15, 0.2) is 57.8 Å². The molecule has 0 bridgehead atoms. The first kappa shape index (κ1) is 14.3. The predicted octanol–water partition coefficient (Wildman–Crippen LogP) is 0.635. The number of carbonyl (C=O) groups is 1. The van der Waals surface area contributed by atoms with Gasteiger partial charge in [0.1, 0.15) is 4.90 Å². The summed E-state index contributed by atoms with van der Waals surface area (Å²) in [6.07, 6.45) is 0. The molecule has 7 heteroatoms. The molecule has 0 fully saturated rings. The minimum Gasteiger partial charge on any atom is -0.545 e. The Hall–Kier alpha value is -2.67. The first-order valence-electron chi connectivity index (χ1n) is 6.40. The van der Waals surface area contributed by atoms with Gasteiger partial charge in [0.2, 0.25) is 0 Å². The van der Waals surface area contributed by atoms with Crippen LogP contribution in [0.5, 0.6) is 0 Å². The third kappa shape index (κ3) is 2.15. The van der Waals surface area contributed by atoms with Gasteiger partial charge in [-0.25, -0.2) is 0 Å². The number of hydrogen-bond donors (Lipinski definition) is 0. The molecule has 22 heavy (non-hydrogen) atoms. The monoisotopic (exact) mass is 315 g/mol. The van der Waals surface area contributed by atoms with Crippen molar-refractivity contribution in [3.8, 4) is 0 Å². The molecule has 1 heterocycles. The minimum atomic E-state index is -3.76. The molecule has 2 aromatic carbocycles. The van der Waals surface area contributed by atoms with Gasteiger partial charge in [0.05, 0.1) is 11.7 Å². The normalized spacial score (nSPS) is 15.0. The Morgan fingerprint density at radius 1 is 1.09 bits per heavy atom. The summed E-state index contributed by atoms with van der Waals surface area (Å²) in [6.45, 7) is 0. The Morgan fingerprint density at radius 2 is 1.73 bits per heavy atom. The minimum absolute atomic E-state index is 0.0329. The Morgan fingerprint density at radius 3 is 2.45 bits per heavy atom. The van der Waals surface area contributed by atoms with E-state index in [1.54, 1.807) is 43.4 Å². The molecule has 1 aliphatic rings. The summed E-state index contributed by atoms with van der Waals surface area (Å²) in [5, 5.41) is 11.2. The highest BCUT2D eigenvalue weighted by Gasteiger charge is 2.31. The lowest BCUT2D eigenvalue weighted by atomic mass is 10.1. The number of carboxylic acids is 1. The van der Waals surface area contributed by atoms with E-state index in [9.17, 15) is 18.3 Å². The van der Waals surface area contributed by atoms with Crippen molar-refractivity contribution in [2.24, 2.45) is 4.40 Å². The number of carbonyl (C=O) groups excluding carboxylic acids is 1. The van der Waals surface area contributed by atoms with E-state index in [1.165, 1.54) is 17.0 Å². The molecule has 2 aromatic rings. The summed E-state index contributed by atoms with van der Waals surface area (Å²) < 4.78 is 27.9. The van der Waals surface area contributed by atoms with E-state index in [1.807, 2.05) is 0 Å². The lowest BCUT2D eigenvalue weighted by Crippen LogP contribution is -2.30. The SMILES string of the molecule is CN(C1=NS(=O)(=O)c2ccccc21)c1ccccc1C(=O)[O-]. The zero-order valence-corrected chi connectivity index (χ0v) is 12.4. The van der Waals surface area contributed by atoms with Gasteiger partial charge in [0, 0.05) is 18.2 Å². The second-order valence-electron chi connectivity index (χ2n) is 4.75. The molecule has 0 saturated heterocycles. The van der Waals surface area contributed by atoms with E-state index < -0.39 is 16.0 Å². The topological polar surface area (TPSA) is 89.9 Å². The smallest absolute Gasteiger partial charge is 0.285 e. The van der Waals surface area contributed by atoms with Gasteiger partial charge in [-0.2, -0.15) is 8.42 Å². The van der Waals surface area contributed by atoms with Crippen molar-refractivity contribution in [1.82, 2.24) is 0 Å². The average Bonchev–Trinajstić information content (AvgIpc) is 2.79. The third-order valence-corrected chi connectivity index (χ3v) is 4.74. The highest BCUT2D eigenvalue weighted by atomic mass is 32.2. The average molecular weight is 315 g/mol. The predicted molar refractivity (Wildman–Crippen MR) is 79.3 cm³/mol. The van der Waals surface area contributed by atoms with E-state index in [4.69, 9.17) is 0 Å². The number of carboxylic acid groups (broad SMARTS) is 1. The Balaban J connectivity index is 2.16. The maximum atomic E-state index is 12.1. The van der Waals surface area contributed by atoms with Crippen LogP contribution in [-0.4, -0.2) is 27.3 Å². The summed E-state index contributed by atoms with van der Waals surface area (Å²) in [7, 11) is -2.19. The van der Waals surface area contributed by atoms with Crippen LogP contribution >= 0.6 is 0 Å². The Kier molecular flexibility index (Phi) is 3.22. The molecule has 6 nitrogen and oxygen atoms in total. The fraction of sp³-hybridized carbons (Fsp3) is 0.0667.